The van der Waals surface area contributed by atoms with Crippen molar-refractivity contribution in [2.75, 3.05) is 0 Å². The predicted octanol–water partition coefficient (Wildman–Crippen LogP) is 3.10. The fraction of sp³-hybridized carbons (Fsp3) is 0. The van der Waals surface area contributed by atoms with E-state index in [2.05, 4.69) is 15.2 Å². The van der Waals surface area contributed by atoms with Gasteiger partial charge in [-0.25, -0.2) is 0 Å². The number of primary amides is 1. The molecular weight excluding hydrogens is 316 g/mol. The molecule has 0 fully saturated rings. The molecule has 0 spiro atoms. The van der Waals surface area contributed by atoms with Crippen LogP contribution < -0.4 is 5.73 Å². The molecule has 2 aromatic heterocycles. The molecule has 2 aromatic carbocycles. The highest BCUT2D eigenvalue weighted by atomic mass is 16.3. The molecule has 122 valence electrons. The zero-order chi connectivity index (χ0) is 17.4. The van der Waals surface area contributed by atoms with E-state index in [1.807, 2.05) is 30.3 Å². The van der Waals surface area contributed by atoms with Crippen LogP contribution in [0.15, 0.2) is 60.9 Å². The van der Waals surface area contributed by atoms with Crippen LogP contribution in [-0.4, -0.2) is 26.2 Å². The lowest BCUT2D eigenvalue weighted by Gasteiger charge is -2.10. The number of amides is 1. The lowest BCUT2D eigenvalue weighted by atomic mass is 9.95. The topological polar surface area (TPSA) is 105 Å². The van der Waals surface area contributed by atoms with E-state index in [0.717, 1.165) is 27.6 Å². The quantitative estimate of drug-likeness (QED) is 0.537. The Morgan fingerprint density at radius 1 is 1.04 bits per heavy atom. The molecule has 0 aliphatic heterocycles. The highest BCUT2D eigenvalue weighted by Crippen LogP contribution is 2.34. The van der Waals surface area contributed by atoms with Gasteiger partial charge in [-0.3, -0.25) is 14.9 Å². The number of carbonyl (C=O) groups is 1. The average Bonchev–Trinajstić information content (AvgIpc) is 3.10. The van der Waals surface area contributed by atoms with Crippen molar-refractivity contribution in [1.29, 1.82) is 0 Å². The van der Waals surface area contributed by atoms with Crippen LogP contribution in [-0.2, 0) is 0 Å². The van der Waals surface area contributed by atoms with Crippen molar-refractivity contribution in [2.45, 2.75) is 0 Å². The van der Waals surface area contributed by atoms with Gasteiger partial charge in [0.15, 0.2) is 0 Å². The van der Waals surface area contributed by atoms with Gasteiger partial charge in [-0.15, -0.1) is 0 Å². The summed E-state index contributed by atoms with van der Waals surface area (Å²) in [7, 11) is 0. The van der Waals surface area contributed by atoms with Crippen LogP contribution in [0.1, 0.15) is 10.5 Å². The minimum Gasteiger partial charge on any atom is -0.508 e. The summed E-state index contributed by atoms with van der Waals surface area (Å²) in [6.07, 6.45) is 3.25. The maximum atomic E-state index is 11.8. The highest BCUT2D eigenvalue weighted by molar-refractivity contribution is 6.04. The number of aromatic hydroxyl groups is 1. The molecule has 0 saturated heterocycles. The monoisotopic (exact) mass is 330 g/mol. The Morgan fingerprint density at radius 3 is 2.60 bits per heavy atom. The number of phenolic OH excluding ortho intramolecular Hbond substituents is 1. The van der Waals surface area contributed by atoms with Gasteiger partial charge >= 0.3 is 0 Å². The first-order chi connectivity index (χ1) is 12.1. The minimum atomic E-state index is -0.581. The van der Waals surface area contributed by atoms with E-state index >= 15 is 0 Å². The van der Waals surface area contributed by atoms with Crippen LogP contribution in [0.4, 0.5) is 0 Å². The van der Waals surface area contributed by atoms with Crippen LogP contribution >= 0.6 is 0 Å². The molecule has 1 amide bonds. The van der Waals surface area contributed by atoms with Gasteiger partial charge in [0.05, 0.1) is 11.7 Å². The number of hydrogen-bond donors (Lipinski definition) is 3. The fourth-order valence-electron chi connectivity index (χ4n) is 2.91. The molecule has 4 rings (SSSR count). The van der Waals surface area contributed by atoms with Gasteiger partial charge in [0.25, 0.3) is 5.91 Å². The van der Waals surface area contributed by atoms with Crippen molar-refractivity contribution >= 4 is 16.8 Å². The number of aromatic nitrogens is 3. The number of carbonyl (C=O) groups excluding carboxylic acids is 1. The lowest BCUT2D eigenvalue weighted by molar-refractivity contribution is 0.0996. The number of aromatic amines is 1. The Hall–Kier alpha value is -3.67. The van der Waals surface area contributed by atoms with E-state index in [1.165, 1.54) is 0 Å². The molecule has 0 aliphatic carbocycles. The van der Waals surface area contributed by atoms with Crippen molar-refractivity contribution in [3.8, 4) is 28.0 Å². The summed E-state index contributed by atoms with van der Waals surface area (Å²) in [4.78, 5) is 15.9. The molecule has 4 N–H and O–H groups in total. The third kappa shape index (κ3) is 2.59. The van der Waals surface area contributed by atoms with Gasteiger partial charge in [0, 0.05) is 17.1 Å². The minimum absolute atomic E-state index is 0.204. The smallest absolute Gasteiger partial charge is 0.267 e. The lowest BCUT2D eigenvalue weighted by Crippen LogP contribution is -2.14. The molecule has 6 heteroatoms. The second-order valence-electron chi connectivity index (χ2n) is 5.67. The molecule has 6 nitrogen and oxygen atoms in total. The third-order valence-electron chi connectivity index (χ3n) is 4.09. The number of nitrogens with zero attached hydrogens (tertiary/aromatic N) is 2. The van der Waals surface area contributed by atoms with Crippen molar-refractivity contribution in [2.24, 2.45) is 5.73 Å². The van der Waals surface area contributed by atoms with Crippen LogP contribution in [0.3, 0.4) is 0 Å². The first kappa shape index (κ1) is 14.9. The Kier molecular flexibility index (Phi) is 3.43. The number of fused-ring (bicyclic) bond motifs is 1. The number of pyridine rings is 1. The molecule has 0 bridgehead atoms. The highest BCUT2D eigenvalue weighted by Gasteiger charge is 2.16. The molecule has 0 saturated carbocycles. The first-order valence-corrected chi connectivity index (χ1v) is 7.65. The second kappa shape index (κ2) is 5.76. The Balaban J connectivity index is 1.99. The summed E-state index contributed by atoms with van der Waals surface area (Å²) >= 11 is 0. The van der Waals surface area contributed by atoms with Crippen LogP contribution in [0, 0.1) is 0 Å². The van der Waals surface area contributed by atoms with Gasteiger partial charge in [-0.1, -0.05) is 18.2 Å². The number of nitrogens with two attached hydrogens (primary N) is 1. The van der Waals surface area contributed by atoms with Crippen LogP contribution in [0.2, 0.25) is 0 Å². The maximum Gasteiger partial charge on any atom is 0.267 e. The molecule has 4 aromatic rings. The van der Waals surface area contributed by atoms with Gasteiger partial charge in [0.2, 0.25) is 0 Å². The predicted molar refractivity (Wildman–Crippen MR) is 94.9 cm³/mol. The van der Waals surface area contributed by atoms with Gasteiger partial charge < -0.3 is 10.8 Å². The van der Waals surface area contributed by atoms with E-state index in [-0.39, 0.29) is 11.4 Å². The van der Waals surface area contributed by atoms with E-state index in [4.69, 9.17) is 5.73 Å². The molecular formula is C19H14N4O2. The number of hydrogen-bond acceptors (Lipinski definition) is 4. The van der Waals surface area contributed by atoms with Gasteiger partial charge in [0.1, 0.15) is 11.4 Å². The maximum absolute atomic E-state index is 11.8. The van der Waals surface area contributed by atoms with Crippen LogP contribution in [0.5, 0.6) is 5.75 Å². The molecule has 0 radical (unpaired) electrons. The van der Waals surface area contributed by atoms with E-state index in [1.54, 1.807) is 30.6 Å². The largest absolute Gasteiger partial charge is 0.508 e. The Bertz CT molecular complexity index is 1080. The standard InChI is InChI=1S/C19H14N4O2/c20-19(25)18-14(2-1-7-21-18)15-8-12(9-17-16(15)10-22-23-17)11-3-5-13(24)6-4-11/h1-10,24H,(H2,20,25)(H,22,23). The van der Waals surface area contributed by atoms with Crippen molar-refractivity contribution in [1.82, 2.24) is 15.2 Å². The number of benzene rings is 2. The van der Waals surface area contributed by atoms with E-state index in [0.29, 0.717) is 5.56 Å². The summed E-state index contributed by atoms with van der Waals surface area (Å²) in [5, 5.41) is 17.4. The Labute approximate surface area is 143 Å². The average molecular weight is 330 g/mol. The van der Waals surface area contributed by atoms with E-state index in [9.17, 15) is 9.90 Å². The number of nitrogens with one attached hydrogen (secondary N) is 1. The summed E-state index contributed by atoms with van der Waals surface area (Å²) in [6, 6.07) is 14.4. The van der Waals surface area contributed by atoms with E-state index < -0.39 is 5.91 Å². The number of phenols is 1. The second-order valence-corrected chi connectivity index (χ2v) is 5.67. The molecule has 0 unspecified atom stereocenters. The van der Waals surface area contributed by atoms with Crippen molar-refractivity contribution < 1.29 is 9.90 Å². The summed E-state index contributed by atoms with van der Waals surface area (Å²) in [5.41, 5.74) is 9.86. The number of H-pyrrole nitrogens is 1. The van der Waals surface area contributed by atoms with Crippen molar-refractivity contribution in [3.63, 3.8) is 0 Å². The SMILES string of the molecule is NC(=O)c1ncccc1-c1cc(-c2ccc(O)cc2)cc2[nH]ncc12. The first-order valence-electron chi connectivity index (χ1n) is 7.65. The van der Waals surface area contributed by atoms with Gasteiger partial charge in [-0.2, -0.15) is 5.10 Å². The summed E-state index contributed by atoms with van der Waals surface area (Å²) in [5.74, 6) is -0.378. The summed E-state index contributed by atoms with van der Waals surface area (Å²) < 4.78 is 0. The zero-order valence-corrected chi connectivity index (χ0v) is 13.1. The fourth-order valence-corrected chi connectivity index (χ4v) is 2.91. The van der Waals surface area contributed by atoms with Crippen molar-refractivity contribution in [3.05, 3.63) is 66.6 Å². The van der Waals surface area contributed by atoms with Crippen LogP contribution in [0.25, 0.3) is 33.2 Å². The normalized spacial score (nSPS) is 10.9. The molecule has 25 heavy (non-hydrogen) atoms. The Morgan fingerprint density at radius 2 is 1.84 bits per heavy atom. The molecule has 2 heterocycles. The third-order valence-corrected chi connectivity index (χ3v) is 4.09. The molecule has 0 aliphatic rings. The zero-order valence-electron chi connectivity index (χ0n) is 13.1. The molecule has 0 atom stereocenters. The number of rotatable bonds is 3. The summed E-state index contributed by atoms with van der Waals surface area (Å²) in [6.45, 7) is 0. The van der Waals surface area contributed by atoms with Gasteiger partial charge in [-0.05, 0) is 47.0 Å².